The Balaban J connectivity index is 1.71. The summed E-state index contributed by atoms with van der Waals surface area (Å²) in [6, 6.07) is 20.3. The highest BCUT2D eigenvalue weighted by Gasteiger charge is 2.37. The number of nitro benzene ring substituents is 1. The molecular formula is C25H21N5O4. The van der Waals surface area contributed by atoms with Crippen LogP contribution in [0.4, 0.5) is 17.3 Å². The number of hydrogen-bond acceptors (Lipinski definition) is 6. The van der Waals surface area contributed by atoms with Crippen molar-refractivity contribution in [1.29, 1.82) is 0 Å². The highest BCUT2D eigenvalue weighted by Crippen LogP contribution is 2.42. The monoisotopic (exact) mass is 455 g/mol. The van der Waals surface area contributed by atoms with E-state index in [1.807, 2.05) is 28.8 Å². The number of carbonyl (C=O) groups excluding carboxylic acids is 1. The van der Waals surface area contributed by atoms with Gasteiger partial charge in [0.1, 0.15) is 11.8 Å². The van der Waals surface area contributed by atoms with E-state index >= 15 is 0 Å². The molecule has 2 heterocycles. The summed E-state index contributed by atoms with van der Waals surface area (Å²) in [4.78, 5) is 29.9. The number of benzene rings is 3. The van der Waals surface area contributed by atoms with Crippen LogP contribution in [0.15, 0.2) is 84.1 Å². The number of methoxy groups -OCH3 is 1. The van der Waals surface area contributed by atoms with Gasteiger partial charge in [0.15, 0.2) is 0 Å². The molecule has 0 saturated carbocycles. The lowest BCUT2D eigenvalue weighted by atomic mass is 9.93. The lowest BCUT2D eigenvalue weighted by Gasteiger charge is -2.30. The van der Waals surface area contributed by atoms with Crippen molar-refractivity contribution in [3.05, 3.63) is 99.7 Å². The van der Waals surface area contributed by atoms with E-state index in [9.17, 15) is 14.9 Å². The maximum atomic E-state index is 13.7. The van der Waals surface area contributed by atoms with Crippen LogP contribution in [0.1, 0.15) is 18.5 Å². The smallest absolute Gasteiger partial charge is 0.275 e. The van der Waals surface area contributed by atoms with Crippen molar-refractivity contribution < 1.29 is 14.5 Å². The Bertz CT molecular complexity index is 1470. The molecule has 0 aliphatic carbocycles. The van der Waals surface area contributed by atoms with Crippen LogP contribution in [0.3, 0.4) is 0 Å². The zero-order valence-electron chi connectivity index (χ0n) is 18.5. The molecule has 1 aliphatic rings. The van der Waals surface area contributed by atoms with Gasteiger partial charge in [-0.2, -0.15) is 0 Å². The Morgan fingerprint density at radius 3 is 2.59 bits per heavy atom. The molecular weight excluding hydrogens is 434 g/mol. The molecule has 0 radical (unpaired) electrons. The number of aromatic nitrogens is 2. The largest absolute Gasteiger partial charge is 0.495 e. The minimum absolute atomic E-state index is 0.0754. The summed E-state index contributed by atoms with van der Waals surface area (Å²) in [6.45, 7) is 1.77. The zero-order chi connectivity index (χ0) is 23.8. The molecule has 3 aromatic carbocycles. The average Bonchev–Trinajstić information content (AvgIpc) is 3.21. The molecule has 1 atom stereocenters. The van der Waals surface area contributed by atoms with E-state index in [4.69, 9.17) is 4.74 Å². The minimum Gasteiger partial charge on any atom is -0.495 e. The van der Waals surface area contributed by atoms with Gasteiger partial charge in [-0.3, -0.25) is 19.5 Å². The van der Waals surface area contributed by atoms with E-state index in [-0.39, 0.29) is 5.69 Å². The van der Waals surface area contributed by atoms with Gasteiger partial charge in [0.2, 0.25) is 5.95 Å². The van der Waals surface area contributed by atoms with Crippen LogP contribution in [0.25, 0.3) is 11.0 Å². The van der Waals surface area contributed by atoms with E-state index < -0.39 is 16.9 Å². The quantitative estimate of drug-likeness (QED) is 0.328. The summed E-state index contributed by atoms with van der Waals surface area (Å²) in [5, 5.41) is 18.1. The number of nitrogens with one attached hydrogen (secondary N) is 2. The Labute approximate surface area is 194 Å². The number of imidazole rings is 1. The van der Waals surface area contributed by atoms with Crippen LogP contribution in [-0.2, 0) is 4.79 Å². The maximum Gasteiger partial charge on any atom is 0.275 e. The highest BCUT2D eigenvalue weighted by molar-refractivity contribution is 6.07. The number of anilines is 2. The van der Waals surface area contributed by atoms with Crippen molar-refractivity contribution in [3.8, 4) is 5.75 Å². The van der Waals surface area contributed by atoms with E-state index in [1.54, 1.807) is 49.4 Å². The molecule has 1 aromatic heterocycles. The second-order valence-electron chi connectivity index (χ2n) is 7.83. The third-order valence-corrected chi connectivity index (χ3v) is 5.86. The molecule has 34 heavy (non-hydrogen) atoms. The van der Waals surface area contributed by atoms with Gasteiger partial charge in [-0.05, 0) is 37.3 Å². The normalized spacial score (nSPS) is 14.9. The summed E-state index contributed by atoms with van der Waals surface area (Å²) in [5.74, 6) is 0.616. The molecule has 0 spiro atoms. The van der Waals surface area contributed by atoms with Gasteiger partial charge >= 0.3 is 0 Å². The van der Waals surface area contributed by atoms with Crippen LogP contribution in [0.2, 0.25) is 0 Å². The highest BCUT2D eigenvalue weighted by atomic mass is 16.6. The maximum absolute atomic E-state index is 13.7. The lowest BCUT2D eigenvalue weighted by molar-refractivity contribution is -0.385. The number of amides is 1. The Morgan fingerprint density at radius 2 is 1.79 bits per heavy atom. The molecule has 4 aromatic rings. The van der Waals surface area contributed by atoms with Crippen molar-refractivity contribution in [2.24, 2.45) is 0 Å². The molecule has 0 bridgehead atoms. The van der Waals surface area contributed by atoms with Gasteiger partial charge in [0.25, 0.3) is 11.6 Å². The first-order valence-electron chi connectivity index (χ1n) is 10.6. The molecule has 170 valence electrons. The minimum atomic E-state index is -0.778. The molecule has 0 saturated heterocycles. The lowest BCUT2D eigenvalue weighted by Crippen LogP contribution is -2.31. The topological polar surface area (TPSA) is 111 Å². The zero-order valence-corrected chi connectivity index (χ0v) is 18.5. The Hall–Kier alpha value is -4.66. The fourth-order valence-corrected chi connectivity index (χ4v) is 4.37. The summed E-state index contributed by atoms with van der Waals surface area (Å²) in [6.07, 6.45) is 0. The number of nitrogens with zero attached hydrogens (tertiary/aromatic N) is 3. The van der Waals surface area contributed by atoms with E-state index in [1.165, 1.54) is 13.2 Å². The second-order valence-corrected chi connectivity index (χ2v) is 7.83. The van der Waals surface area contributed by atoms with Crippen LogP contribution in [-0.4, -0.2) is 27.5 Å². The first kappa shape index (κ1) is 21.2. The molecule has 1 amide bonds. The van der Waals surface area contributed by atoms with Gasteiger partial charge in [-0.1, -0.05) is 36.4 Å². The van der Waals surface area contributed by atoms with Crippen LogP contribution in [0, 0.1) is 10.1 Å². The fourth-order valence-electron chi connectivity index (χ4n) is 4.37. The van der Waals surface area contributed by atoms with Gasteiger partial charge in [-0.25, -0.2) is 4.98 Å². The first-order valence-corrected chi connectivity index (χ1v) is 10.6. The number of nitro groups is 1. The van der Waals surface area contributed by atoms with Crippen molar-refractivity contribution in [3.63, 3.8) is 0 Å². The summed E-state index contributed by atoms with van der Waals surface area (Å²) in [7, 11) is 1.53. The number of ether oxygens (including phenoxy) is 1. The summed E-state index contributed by atoms with van der Waals surface area (Å²) in [5.41, 5.74) is 3.18. The van der Waals surface area contributed by atoms with Crippen LogP contribution < -0.4 is 15.4 Å². The Morgan fingerprint density at radius 1 is 1.09 bits per heavy atom. The number of fused-ring (bicyclic) bond motifs is 3. The molecule has 0 fully saturated rings. The number of hydrogen-bond donors (Lipinski definition) is 2. The number of rotatable bonds is 5. The third kappa shape index (κ3) is 3.43. The molecule has 0 unspecified atom stereocenters. The number of allylic oxidation sites excluding steroid dienone is 1. The van der Waals surface area contributed by atoms with Crippen molar-refractivity contribution in [2.45, 2.75) is 13.0 Å². The van der Waals surface area contributed by atoms with E-state index in [0.717, 1.165) is 5.52 Å². The molecule has 5 rings (SSSR count). The van der Waals surface area contributed by atoms with Crippen LogP contribution in [0.5, 0.6) is 5.75 Å². The van der Waals surface area contributed by atoms with Gasteiger partial charge in [0, 0.05) is 11.8 Å². The molecule has 9 nitrogen and oxygen atoms in total. The van der Waals surface area contributed by atoms with E-state index in [2.05, 4.69) is 15.6 Å². The van der Waals surface area contributed by atoms with Crippen molar-refractivity contribution in [1.82, 2.24) is 9.55 Å². The predicted octanol–water partition coefficient (Wildman–Crippen LogP) is 4.88. The van der Waals surface area contributed by atoms with Crippen molar-refractivity contribution in [2.75, 3.05) is 17.7 Å². The fraction of sp³-hybridized carbons (Fsp3) is 0.120. The van der Waals surface area contributed by atoms with Crippen LogP contribution >= 0.6 is 0 Å². The molecule has 2 N–H and O–H groups in total. The summed E-state index contributed by atoms with van der Waals surface area (Å²) >= 11 is 0. The summed E-state index contributed by atoms with van der Waals surface area (Å²) < 4.78 is 7.21. The standard InChI is InChI=1S/C25H21N5O4/c1-15-22(24(31)27-18-11-5-8-14-21(18)34-2)23(16-9-3-6-12-19(16)30(32)33)29-20-13-7-4-10-17(20)28-25(29)26-15/h3-14,23H,1-2H3,(H,26,28)(H,27,31)/t23-/m1/s1. The van der Waals surface area contributed by atoms with Crippen molar-refractivity contribution >= 4 is 34.3 Å². The second kappa shape index (κ2) is 8.36. The van der Waals surface area contributed by atoms with Gasteiger partial charge in [-0.15, -0.1) is 0 Å². The predicted molar refractivity (Wildman–Crippen MR) is 129 cm³/mol. The Kier molecular flexibility index (Phi) is 5.21. The molecule has 9 heteroatoms. The SMILES string of the molecule is COc1ccccc1NC(=O)C1=C(C)Nc2nc3ccccc3n2[C@@H]1c1ccccc1[N+](=O)[O-]. The first-order chi connectivity index (χ1) is 16.5. The number of carbonyl (C=O) groups is 1. The third-order valence-electron chi connectivity index (χ3n) is 5.86. The number of para-hydroxylation sites is 5. The van der Waals surface area contributed by atoms with Gasteiger partial charge < -0.3 is 15.4 Å². The van der Waals surface area contributed by atoms with E-state index in [0.29, 0.717) is 39.7 Å². The molecule has 1 aliphatic heterocycles. The van der Waals surface area contributed by atoms with Gasteiger partial charge in [0.05, 0.1) is 39.9 Å². The average molecular weight is 455 g/mol.